The zero-order chi connectivity index (χ0) is 9.97. The third kappa shape index (κ3) is 1.69. The highest BCUT2D eigenvalue weighted by atomic mass is 32.1. The van der Waals surface area contributed by atoms with E-state index >= 15 is 0 Å². The topological polar surface area (TPSA) is 61.8 Å². The van der Waals surface area contributed by atoms with E-state index in [4.69, 9.17) is 5.11 Å². The van der Waals surface area contributed by atoms with Crippen LogP contribution in [0.3, 0.4) is 0 Å². The fraction of sp³-hybridized carbons (Fsp3) is 0.333. The number of rotatable bonds is 3. The molecule has 2 rings (SSSR count). The Morgan fingerprint density at radius 3 is 3.07 bits per heavy atom. The van der Waals surface area contributed by atoms with Crippen molar-refractivity contribution < 1.29 is 5.11 Å². The first-order chi connectivity index (χ1) is 6.81. The van der Waals surface area contributed by atoms with Gasteiger partial charge in [-0.3, -0.25) is 5.10 Å². The van der Waals surface area contributed by atoms with E-state index in [1.54, 1.807) is 17.5 Å². The van der Waals surface area contributed by atoms with E-state index < -0.39 is 0 Å². The fourth-order valence-electron chi connectivity index (χ4n) is 1.11. The molecule has 2 aromatic heterocycles. The number of hydrogen-bond donors (Lipinski definition) is 2. The number of nitrogens with zero attached hydrogens (tertiary/aromatic N) is 2. The lowest BCUT2D eigenvalue weighted by Crippen LogP contribution is -1.94. The van der Waals surface area contributed by atoms with Gasteiger partial charge in [-0.25, -0.2) is 4.98 Å². The summed E-state index contributed by atoms with van der Waals surface area (Å²) < 4.78 is 0. The van der Waals surface area contributed by atoms with Crippen LogP contribution in [0.5, 0.6) is 0 Å². The molecule has 0 radical (unpaired) electrons. The fourth-order valence-corrected chi connectivity index (χ4v) is 2.04. The molecule has 2 N–H and O–H groups in total. The van der Waals surface area contributed by atoms with Crippen molar-refractivity contribution in [3.63, 3.8) is 0 Å². The van der Waals surface area contributed by atoms with Crippen LogP contribution in [-0.2, 0) is 0 Å². The minimum Gasteiger partial charge on any atom is -0.396 e. The molecule has 2 heterocycles. The van der Waals surface area contributed by atoms with Crippen LogP contribution in [0.15, 0.2) is 18.6 Å². The summed E-state index contributed by atoms with van der Waals surface area (Å²) in [5.41, 5.74) is 0.992. The molecule has 2 aromatic rings. The zero-order valence-corrected chi connectivity index (χ0v) is 8.58. The van der Waals surface area contributed by atoms with Crippen LogP contribution >= 0.6 is 11.3 Å². The van der Waals surface area contributed by atoms with Gasteiger partial charge in [0, 0.05) is 28.8 Å². The van der Waals surface area contributed by atoms with Crippen molar-refractivity contribution in [2.45, 2.75) is 12.8 Å². The summed E-state index contributed by atoms with van der Waals surface area (Å²) in [6, 6.07) is 0. The highest BCUT2D eigenvalue weighted by Gasteiger charge is 2.10. The van der Waals surface area contributed by atoms with Crippen LogP contribution in [0.4, 0.5) is 0 Å². The smallest absolute Gasteiger partial charge is 0.126 e. The molecule has 0 saturated carbocycles. The standard InChI is InChI=1S/C9H11N3OS/c1-6(5-13)8-4-10-9(14-8)7-2-11-12-3-7/h2-4,6,13H,5H2,1H3,(H,11,12). The first kappa shape index (κ1) is 9.36. The Kier molecular flexibility index (Phi) is 2.60. The Labute approximate surface area is 85.6 Å². The van der Waals surface area contributed by atoms with Gasteiger partial charge in [0.05, 0.1) is 12.8 Å². The van der Waals surface area contributed by atoms with Crippen molar-refractivity contribution in [3.05, 3.63) is 23.5 Å². The van der Waals surface area contributed by atoms with Gasteiger partial charge in [0.2, 0.25) is 0 Å². The third-order valence-electron chi connectivity index (χ3n) is 2.03. The third-order valence-corrected chi connectivity index (χ3v) is 3.31. The number of thiazole rings is 1. The van der Waals surface area contributed by atoms with Crippen molar-refractivity contribution in [1.29, 1.82) is 0 Å². The number of aliphatic hydroxyl groups is 1. The second-order valence-electron chi connectivity index (χ2n) is 3.14. The van der Waals surface area contributed by atoms with E-state index in [2.05, 4.69) is 15.2 Å². The van der Waals surface area contributed by atoms with Gasteiger partial charge in [-0.15, -0.1) is 11.3 Å². The van der Waals surface area contributed by atoms with Crippen LogP contribution in [-0.4, -0.2) is 26.9 Å². The van der Waals surface area contributed by atoms with Crippen molar-refractivity contribution in [2.24, 2.45) is 0 Å². The summed E-state index contributed by atoms with van der Waals surface area (Å²) in [7, 11) is 0. The van der Waals surface area contributed by atoms with Crippen LogP contribution in [0.1, 0.15) is 17.7 Å². The van der Waals surface area contributed by atoms with Gasteiger partial charge in [-0.05, 0) is 0 Å². The summed E-state index contributed by atoms with van der Waals surface area (Å²) in [6.07, 6.45) is 5.37. The Balaban J connectivity index is 2.26. The molecule has 0 aliphatic rings. The van der Waals surface area contributed by atoms with E-state index in [0.29, 0.717) is 0 Å². The molecule has 0 aliphatic carbocycles. The quantitative estimate of drug-likeness (QED) is 0.807. The molecule has 0 amide bonds. The van der Waals surface area contributed by atoms with E-state index in [9.17, 15) is 0 Å². The molecule has 0 spiro atoms. The SMILES string of the molecule is CC(CO)c1cnc(-c2cn[nH]c2)s1. The lowest BCUT2D eigenvalue weighted by Gasteiger charge is -2.00. The Morgan fingerprint density at radius 2 is 2.43 bits per heavy atom. The molecule has 74 valence electrons. The van der Waals surface area contributed by atoms with Crippen LogP contribution in [0.25, 0.3) is 10.6 Å². The molecule has 0 saturated heterocycles. The first-order valence-corrected chi connectivity index (χ1v) is 5.18. The maximum Gasteiger partial charge on any atom is 0.126 e. The van der Waals surface area contributed by atoms with Gasteiger partial charge in [-0.2, -0.15) is 5.10 Å². The normalized spacial score (nSPS) is 13.0. The number of aromatic nitrogens is 3. The van der Waals surface area contributed by atoms with E-state index in [1.807, 2.05) is 19.3 Å². The molecule has 0 fully saturated rings. The molecule has 0 aromatic carbocycles. The molecule has 1 atom stereocenters. The average Bonchev–Trinajstić information content (AvgIpc) is 2.86. The van der Waals surface area contributed by atoms with Crippen LogP contribution < -0.4 is 0 Å². The van der Waals surface area contributed by atoms with Gasteiger partial charge in [0.15, 0.2) is 0 Å². The second-order valence-corrected chi connectivity index (χ2v) is 4.20. The maximum atomic E-state index is 8.99. The summed E-state index contributed by atoms with van der Waals surface area (Å²) in [5, 5.41) is 16.5. The number of hydrogen-bond acceptors (Lipinski definition) is 4. The Morgan fingerprint density at radius 1 is 1.57 bits per heavy atom. The number of aromatic amines is 1. The number of H-pyrrole nitrogens is 1. The average molecular weight is 209 g/mol. The number of nitrogens with one attached hydrogen (secondary N) is 1. The minimum absolute atomic E-state index is 0.160. The zero-order valence-electron chi connectivity index (χ0n) is 7.77. The predicted octanol–water partition coefficient (Wildman–Crippen LogP) is 1.63. The molecule has 0 bridgehead atoms. The molecule has 5 heteroatoms. The van der Waals surface area contributed by atoms with Crippen molar-refractivity contribution in [2.75, 3.05) is 6.61 Å². The van der Waals surface area contributed by atoms with Crippen LogP contribution in [0, 0.1) is 0 Å². The highest BCUT2D eigenvalue weighted by Crippen LogP contribution is 2.28. The van der Waals surface area contributed by atoms with Crippen molar-refractivity contribution >= 4 is 11.3 Å². The second kappa shape index (κ2) is 3.89. The Bertz CT molecular complexity index is 396. The van der Waals surface area contributed by atoms with E-state index in [-0.39, 0.29) is 12.5 Å². The van der Waals surface area contributed by atoms with Gasteiger partial charge in [-0.1, -0.05) is 6.92 Å². The highest BCUT2D eigenvalue weighted by molar-refractivity contribution is 7.15. The number of aliphatic hydroxyl groups excluding tert-OH is 1. The van der Waals surface area contributed by atoms with Gasteiger partial charge in [0.25, 0.3) is 0 Å². The first-order valence-electron chi connectivity index (χ1n) is 4.37. The predicted molar refractivity (Wildman–Crippen MR) is 55.2 cm³/mol. The van der Waals surface area contributed by atoms with Gasteiger partial charge in [0.1, 0.15) is 5.01 Å². The lowest BCUT2D eigenvalue weighted by atomic mass is 10.2. The van der Waals surface area contributed by atoms with Gasteiger partial charge >= 0.3 is 0 Å². The minimum atomic E-state index is 0.160. The van der Waals surface area contributed by atoms with Crippen molar-refractivity contribution in [1.82, 2.24) is 15.2 Å². The monoisotopic (exact) mass is 209 g/mol. The summed E-state index contributed by atoms with van der Waals surface area (Å²) in [5.74, 6) is 0.160. The van der Waals surface area contributed by atoms with Gasteiger partial charge < -0.3 is 5.11 Å². The Hall–Kier alpha value is -1.20. The molecule has 14 heavy (non-hydrogen) atoms. The van der Waals surface area contributed by atoms with Crippen molar-refractivity contribution in [3.8, 4) is 10.6 Å². The maximum absolute atomic E-state index is 8.99. The summed E-state index contributed by atoms with van der Waals surface area (Å²) >= 11 is 1.59. The molecule has 4 nitrogen and oxygen atoms in total. The summed E-state index contributed by atoms with van der Waals surface area (Å²) in [6.45, 7) is 2.14. The molecule has 0 aliphatic heterocycles. The largest absolute Gasteiger partial charge is 0.396 e. The lowest BCUT2D eigenvalue weighted by molar-refractivity contribution is 0.274. The van der Waals surface area contributed by atoms with E-state index in [1.165, 1.54) is 0 Å². The molecular formula is C9H11N3OS. The van der Waals surface area contributed by atoms with Crippen LogP contribution in [0.2, 0.25) is 0 Å². The molecule has 1 unspecified atom stereocenters. The van der Waals surface area contributed by atoms with E-state index in [0.717, 1.165) is 15.4 Å². The summed E-state index contributed by atoms with van der Waals surface area (Å²) in [4.78, 5) is 5.38. The molecular weight excluding hydrogens is 198 g/mol.